The van der Waals surface area contributed by atoms with E-state index in [9.17, 15) is 24.0 Å². The minimum absolute atomic E-state index is 0.0420. The van der Waals surface area contributed by atoms with Gasteiger partial charge >= 0.3 is 5.97 Å². The first-order chi connectivity index (χ1) is 22.5. The highest BCUT2D eigenvalue weighted by molar-refractivity contribution is 6.67. The molecule has 2 bridgehead atoms. The normalized spacial score (nSPS) is 25.4. The van der Waals surface area contributed by atoms with Gasteiger partial charge in [-0.1, -0.05) is 87.3 Å². The van der Waals surface area contributed by atoms with Crippen LogP contribution in [0.25, 0.3) is 0 Å². The second-order valence-corrected chi connectivity index (χ2v) is 15.4. The summed E-state index contributed by atoms with van der Waals surface area (Å²) in [5.74, 6) is -7.45. The molecule has 0 N–H and O–H groups in total. The Morgan fingerprint density at radius 3 is 1.81 bits per heavy atom. The highest BCUT2D eigenvalue weighted by Gasteiger charge is 2.88. The minimum Gasteiger partial charge on any atom is -0.423 e. The lowest BCUT2D eigenvalue weighted by Crippen LogP contribution is -2.56. The number of carbonyl (C=O) groups excluding carboxylic acids is 5. The first-order valence-corrected chi connectivity index (χ1v) is 16.9. The summed E-state index contributed by atoms with van der Waals surface area (Å²) < 4.78 is 3.19. The molecule has 2 fully saturated rings. The molecule has 16 heteroatoms. The van der Waals surface area contributed by atoms with Crippen LogP contribution < -0.4 is 4.74 Å². The molecule has 2 aliphatic carbocycles. The Labute approximate surface area is 313 Å². The molecule has 0 unspecified atom stereocenters. The average molecular weight is 810 g/mol. The number of rotatable bonds is 7. The molecule has 4 atom stereocenters. The van der Waals surface area contributed by atoms with Crippen LogP contribution in [0.4, 0.5) is 0 Å². The Bertz CT molecular complexity index is 1920. The Balaban J connectivity index is 1.32. The lowest BCUT2D eigenvalue weighted by molar-refractivity contribution is -0.154. The summed E-state index contributed by atoms with van der Waals surface area (Å²) in [6.45, 7) is 1.04. The van der Waals surface area contributed by atoms with Crippen molar-refractivity contribution in [3.8, 4) is 5.75 Å². The van der Waals surface area contributed by atoms with E-state index in [1.165, 1.54) is 42.5 Å². The number of halogens is 8. The molecular formula is C32H18Cl8N2O6. The van der Waals surface area contributed by atoms with Crippen LogP contribution in [0.5, 0.6) is 5.75 Å². The van der Waals surface area contributed by atoms with Gasteiger partial charge in [-0.15, -0.1) is 23.2 Å². The van der Waals surface area contributed by atoms with Gasteiger partial charge in [0.2, 0.25) is 0 Å². The van der Waals surface area contributed by atoms with Crippen molar-refractivity contribution in [2.45, 2.75) is 21.0 Å². The maximum Gasteiger partial charge on any atom is 0.343 e. The molecule has 0 spiro atoms. The van der Waals surface area contributed by atoms with Crippen LogP contribution in [0.3, 0.4) is 0 Å². The van der Waals surface area contributed by atoms with Gasteiger partial charge in [0.15, 0.2) is 10.1 Å². The van der Waals surface area contributed by atoms with Crippen LogP contribution in [-0.4, -0.2) is 60.1 Å². The van der Waals surface area contributed by atoms with Gasteiger partial charge in [0.1, 0.15) is 22.0 Å². The number of ether oxygens (including phenoxy) is 1. The largest absolute Gasteiger partial charge is 0.423 e. The van der Waals surface area contributed by atoms with Gasteiger partial charge in [0.05, 0.1) is 38.0 Å². The average Bonchev–Trinajstić information content (AvgIpc) is 3.42. The number of hydrazine groups is 1. The molecule has 48 heavy (non-hydrogen) atoms. The SMILES string of the molecule is Cc1ccc(C(=O)Oc2ccc(C(=O)CN(C(=O)c3ccc(Cl)cc3Cl)N3C(=O)[C@@H]4[C@@H](C3=O)[C@@]3(Cl)C(Cl)=C(Cl)[C@@]4(Cl)C3(Cl)Cl)cc2)cc1. The van der Waals surface area contributed by atoms with E-state index >= 15 is 0 Å². The molecular weight excluding hydrogens is 792 g/mol. The quantitative estimate of drug-likeness (QED) is 0.0785. The van der Waals surface area contributed by atoms with Crippen LogP contribution in [0.15, 0.2) is 76.8 Å². The fraction of sp³-hybridized carbons (Fsp3) is 0.219. The number of ketones is 1. The molecule has 3 aliphatic rings. The smallest absolute Gasteiger partial charge is 0.343 e. The summed E-state index contributed by atoms with van der Waals surface area (Å²) in [5, 5.41) is 0.513. The fourth-order valence-electron chi connectivity index (χ4n) is 6.05. The second-order valence-electron chi connectivity index (χ2n) is 11.3. The fourth-order valence-corrected chi connectivity index (χ4v) is 9.46. The zero-order valence-electron chi connectivity index (χ0n) is 24.1. The highest BCUT2D eigenvalue weighted by Crippen LogP contribution is 2.77. The molecule has 0 aromatic heterocycles. The van der Waals surface area contributed by atoms with Gasteiger partial charge < -0.3 is 4.74 Å². The van der Waals surface area contributed by atoms with E-state index in [1.54, 1.807) is 24.3 Å². The van der Waals surface area contributed by atoms with Crippen LogP contribution in [-0.2, 0) is 9.59 Å². The van der Waals surface area contributed by atoms with Crippen LogP contribution in [0, 0.1) is 18.8 Å². The third-order valence-corrected chi connectivity index (χ3v) is 13.3. The Hall–Kier alpha value is -2.53. The number of allylic oxidation sites excluding steroid dienone is 2. The summed E-state index contributed by atoms with van der Waals surface area (Å²) >= 11 is 52.0. The molecule has 1 heterocycles. The zero-order chi connectivity index (χ0) is 35.1. The molecule has 1 aliphatic heterocycles. The van der Waals surface area contributed by atoms with E-state index in [0.29, 0.717) is 15.6 Å². The summed E-state index contributed by atoms with van der Waals surface area (Å²) in [5.41, 5.74) is 1.14. The molecule has 1 saturated carbocycles. The van der Waals surface area contributed by atoms with Crippen molar-refractivity contribution in [1.82, 2.24) is 10.0 Å². The summed E-state index contributed by atoms with van der Waals surface area (Å²) in [6, 6.07) is 16.1. The van der Waals surface area contributed by atoms with E-state index in [1.807, 2.05) is 6.92 Å². The predicted molar refractivity (Wildman–Crippen MR) is 184 cm³/mol. The van der Waals surface area contributed by atoms with Crippen molar-refractivity contribution < 1.29 is 28.7 Å². The lowest BCUT2D eigenvalue weighted by Gasteiger charge is -2.36. The van der Waals surface area contributed by atoms with E-state index in [2.05, 4.69) is 0 Å². The first-order valence-electron chi connectivity index (χ1n) is 13.9. The highest BCUT2D eigenvalue weighted by atomic mass is 35.5. The molecule has 1 saturated heterocycles. The summed E-state index contributed by atoms with van der Waals surface area (Å²) in [6.07, 6.45) is 0. The van der Waals surface area contributed by atoms with Crippen molar-refractivity contribution in [3.05, 3.63) is 109 Å². The monoisotopic (exact) mass is 806 g/mol. The topological polar surface area (TPSA) is 101 Å². The Kier molecular flexibility index (Phi) is 9.09. The van der Waals surface area contributed by atoms with Gasteiger partial charge in [-0.25, -0.2) is 9.80 Å². The van der Waals surface area contributed by atoms with Crippen molar-refractivity contribution in [3.63, 3.8) is 0 Å². The van der Waals surface area contributed by atoms with E-state index in [-0.39, 0.29) is 37.0 Å². The van der Waals surface area contributed by atoms with Crippen molar-refractivity contribution in [2.75, 3.05) is 6.54 Å². The zero-order valence-corrected chi connectivity index (χ0v) is 30.1. The summed E-state index contributed by atoms with van der Waals surface area (Å²) in [4.78, 5) is 64.1. The third kappa shape index (κ3) is 5.06. The Morgan fingerprint density at radius 2 is 1.29 bits per heavy atom. The van der Waals surface area contributed by atoms with E-state index in [0.717, 1.165) is 5.56 Å². The van der Waals surface area contributed by atoms with E-state index in [4.69, 9.17) is 97.5 Å². The molecule has 3 aromatic carbocycles. The third-order valence-electron chi connectivity index (χ3n) is 8.49. The number of alkyl halides is 4. The van der Waals surface area contributed by atoms with Gasteiger partial charge in [0.25, 0.3) is 17.7 Å². The van der Waals surface area contributed by atoms with Gasteiger partial charge in [0, 0.05) is 10.6 Å². The number of esters is 1. The number of nitrogens with zero attached hydrogens (tertiary/aromatic N) is 2. The molecule has 0 radical (unpaired) electrons. The number of fused-ring (bicyclic) bond motifs is 5. The second kappa shape index (κ2) is 12.4. The van der Waals surface area contributed by atoms with Gasteiger partial charge in [-0.2, -0.15) is 5.01 Å². The molecule has 248 valence electrons. The maximum absolute atomic E-state index is 14.1. The van der Waals surface area contributed by atoms with Crippen molar-refractivity contribution in [2.24, 2.45) is 11.8 Å². The molecule has 6 rings (SSSR count). The molecule has 3 amide bonds. The van der Waals surface area contributed by atoms with Crippen LogP contribution in [0.1, 0.15) is 36.6 Å². The number of aryl methyl sites for hydroxylation is 1. The predicted octanol–water partition coefficient (Wildman–Crippen LogP) is 8.21. The lowest BCUT2D eigenvalue weighted by atomic mass is 9.84. The number of imide groups is 1. The van der Waals surface area contributed by atoms with Crippen LogP contribution >= 0.6 is 92.8 Å². The number of amides is 3. The van der Waals surface area contributed by atoms with Crippen molar-refractivity contribution >= 4 is 122 Å². The van der Waals surface area contributed by atoms with Gasteiger partial charge in [-0.05, 0) is 61.5 Å². The number of hydrogen-bond acceptors (Lipinski definition) is 6. The molecule has 3 aromatic rings. The number of Topliss-reactive ketones (excluding diaryl/α,β-unsaturated/α-hetero) is 1. The van der Waals surface area contributed by atoms with Crippen molar-refractivity contribution in [1.29, 1.82) is 0 Å². The Morgan fingerprint density at radius 1 is 0.771 bits per heavy atom. The number of carbonyl (C=O) groups is 5. The van der Waals surface area contributed by atoms with E-state index < -0.39 is 61.9 Å². The maximum atomic E-state index is 14.1. The van der Waals surface area contributed by atoms with Crippen LogP contribution in [0.2, 0.25) is 10.0 Å². The summed E-state index contributed by atoms with van der Waals surface area (Å²) in [7, 11) is 0. The van der Waals surface area contributed by atoms with Gasteiger partial charge in [-0.3, -0.25) is 19.2 Å². The molecule has 8 nitrogen and oxygen atoms in total. The number of hydrogen-bond donors (Lipinski definition) is 0. The standard InChI is InChI=1S/C32H18Cl8N2O6/c1-14-2-4-16(5-3-14)29(47)48-18-9-6-15(7-10-18)21(43)13-41(26(44)19-11-8-17(33)12-20(19)34)42-27(45)22-23(28(42)46)31(38)25(36)24(35)30(22,37)32(31,39)40/h2-12,22-23H,13H2,1H3/t22-,23-,30+,31+/m0/s1. The minimum atomic E-state index is -2.21. The number of benzene rings is 3. The first kappa shape index (κ1) is 35.3.